The van der Waals surface area contributed by atoms with Crippen molar-refractivity contribution >= 4 is 0 Å². The summed E-state index contributed by atoms with van der Waals surface area (Å²) in [6, 6.07) is 3.64. The predicted octanol–water partition coefficient (Wildman–Crippen LogP) is -0.123. The SMILES string of the molecule is COc1cc(CCC(O)CC2OCC(O)C(O)C2O)cc(OC)c1OC. The van der Waals surface area contributed by atoms with Crippen LogP contribution < -0.4 is 14.2 Å². The molecule has 0 aromatic heterocycles. The molecular weight excluding hydrogens is 344 g/mol. The molecule has 0 saturated carbocycles. The maximum Gasteiger partial charge on any atom is 0.203 e. The van der Waals surface area contributed by atoms with Crippen LogP contribution in [0.25, 0.3) is 0 Å². The second-order valence-electron chi connectivity index (χ2n) is 6.38. The maximum absolute atomic E-state index is 10.3. The van der Waals surface area contributed by atoms with Gasteiger partial charge in [0.25, 0.3) is 0 Å². The Morgan fingerprint density at radius 3 is 2.19 bits per heavy atom. The Bertz CT molecular complexity index is 553. The average Bonchev–Trinajstić information content (AvgIpc) is 2.65. The number of aryl methyl sites for hydroxylation is 1. The zero-order valence-electron chi connectivity index (χ0n) is 15.3. The zero-order valence-corrected chi connectivity index (χ0v) is 15.3. The Morgan fingerprint density at radius 1 is 1.04 bits per heavy atom. The van der Waals surface area contributed by atoms with E-state index in [1.165, 1.54) is 21.3 Å². The molecule has 1 heterocycles. The van der Waals surface area contributed by atoms with Crippen LogP contribution in [0.4, 0.5) is 0 Å². The number of methoxy groups -OCH3 is 3. The van der Waals surface area contributed by atoms with E-state index in [9.17, 15) is 20.4 Å². The Hall–Kier alpha value is -1.58. The molecule has 26 heavy (non-hydrogen) atoms. The molecule has 8 nitrogen and oxygen atoms in total. The van der Waals surface area contributed by atoms with Gasteiger partial charge in [0.1, 0.15) is 18.3 Å². The Morgan fingerprint density at radius 2 is 1.65 bits per heavy atom. The standard InChI is InChI=1S/C18H28O8/c1-23-14-6-10(7-15(24-2)18(14)25-3)4-5-11(19)8-13-17(22)16(21)12(20)9-26-13/h6-7,11-13,16-17,19-22H,4-5,8-9H2,1-3H3. The number of aliphatic hydroxyl groups excluding tert-OH is 4. The highest BCUT2D eigenvalue weighted by molar-refractivity contribution is 5.53. The lowest BCUT2D eigenvalue weighted by Gasteiger charge is -2.36. The molecule has 2 rings (SSSR count). The lowest BCUT2D eigenvalue weighted by Crippen LogP contribution is -2.53. The molecule has 1 fully saturated rings. The first kappa shape index (κ1) is 20.7. The van der Waals surface area contributed by atoms with Crippen LogP contribution in [0.1, 0.15) is 18.4 Å². The first-order valence-corrected chi connectivity index (χ1v) is 8.54. The van der Waals surface area contributed by atoms with Gasteiger partial charge in [0.2, 0.25) is 5.75 Å². The summed E-state index contributed by atoms with van der Waals surface area (Å²) in [5.74, 6) is 1.59. The van der Waals surface area contributed by atoms with Crippen molar-refractivity contribution in [3.63, 3.8) is 0 Å². The van der Waals surface area contributed by atoms with Gasteiger partial charge < -0.3 is 39.4 Å². The molecule has 1 aliphatic heterocycles. The van der Waals surface area contributed by atoms with Crippen molar-refractivity contribution in [2.24, 2.45) is 0 Å². The van der Waals surface area contributed by atoms with E-state index in [2.05, 4.69) is 0 Å². The van der Waals surface area contributed by atoms with Crippen LogP contribution >= 0.6 is 0 Å². The summed E-state index contributed by atoms with van der Waals surface area (Å²) >= 11 is 0. The molecule has 5 atom stereocenters. The van der Waals surface area contributed by atoms with Gasteiger partial charge in [-0.15, -0.1) is 0 Å². The van der Waals surface area contributed by atoms with E-state index in [1.54, 1.807) is 0 Å². The Labute approximate surface area is 152 Å². The van der Waals surface area contributed by atoms with Crippen molar-refractivity contribution < 1.29 is 39.4 Å². The molecule has 4 N–H and O–H groups in total. The van der Waals surface area contributed by atoms with Crippen molar-refractivity contribution in [1.29, 1.82) is 0 Å². The third kappa shape index (κ3) is 4.77. The van der Waals surface area contributed by atoms with Crippen LogP contribution in [0.3, 0.4) is 0 Å². The van der Waals surface area contributed by atoms with Gasteiger partial charge >= 0.3 is 0 Å². The average molecular weight is 372 g/mol. The van der Waals surface area contributed by atoms with Crippen LogP contribution in [-0.4, -0.2) is 78.9 Å². The quantitative estimate of drug-likeness (QED) is 0.499. The summed E-state index contributed by atoms with van der Waals surface area (Å²) in [6.07, 6.45) is -3.94. The van der Waals surface area contributed by atoms with Crippen molar-refractivity contribution in [1.82, 2.24) is 0 Å². The molecule has 1 saturated heterocycles. The smallest absolute Gasteiger partial charge is 0.203 e. The summed E-state index contributed by atoms with van der Waals surface area (Å²) in [7, 11) is 4.61. The van der Waals surface area contributed by atoms with Crippen LogP contribution in [0, 0.1) is 0 Å². The minimum absolute atomic E-state index is 0.0670. The molecule has 0 amide bonds. The van der Waals surface area contributed by atoms with E-state index in [-0.39, 0.29) is 13.0 Å². The number of hydrogen-bond donors (Lipinski definition) is 4. The minimum Gasteiger partial charge on any atom is -0.493 e. The highest BCUT2D eigenvalue weighted by atomic mass is 16.5. The van der Waals surface area contributed by atoms with E-state index >= 15 is 0 Å². The van der Waals surface area contributed by atoms with E-state index < -0.39 is 30.5 Å². The third-order valence-electron chi connectivity index (χ3n) is 4.60. The maximum atomic E-state index is 10.3. The Kier molecular flexibility index (Phi) is 7.48. The summed E-state index contributed by atoms with van der Waals surface area (Å²) in [6.45, 7) is -0.0670. The summed E-state index contributed by atoms with van der Waals surface area (Å²) in [5, 5.41) is 39.4. The topological polar surface area (TPSA) is 118 Å². The normalized spacial score (nSPS) is 27.0. The van der Waals surface area contributed by atoms with Crippen LogP contribution in [0.2, 0.25) is 0 Å². The van der Waals surface area contributed by atoms with E-state index in [0.717, 1.165) is 5.56 Å². The highest BCUT2D eigenvalue weighted by Crippen LogP contribution is 2.38. The highest BCUT2D eigenvalue weighted by Gasteiger charge is 2.38. The lowest BCUT2D eigenvalue weighted by atomic mass is 9.94. The van der Waals surface area contributed by atoms with Crippen molar-refractivity contribution in [2.75, 3.05) is 27.9 Å². The molecule has 5 unspecified atom stereocenters. The van der Waals surface area contributed by atoms with Gasteiger partial charge in [0.05, 0.1) is 40.1 Å². The summed E-state index contributed by atoms with van der Waals surface area (Å²) in [5.41, 5.74) is 0.902. The van der Waals surface area contributed by atoms with Gasteiger partial charge in [0.15, 0.2) is 11.5 Å². The fraction of sp³-hybridized carbons (Fsp3) is 0.667. The monoisotopic (exact) mass is 372 g/mol. The van der Waals surface area contributed by atoms with Gasteiger partial charge in [-0.25, -0.2) is 0 Å². The molecule has 1 aliphatic rings. The molecule has 0 radical (unpaired) electrons. The largest absolute Gasteiger partial charge is 0.493 e. The second-order valence-corrected chi connectivity index (χ2v) is 6.38. The van der Waals surface area contributed by atoms with Gasteiger partial charge in [-0.05, 0) is 30.5 Å². The first-order chi connectivity index (χ1) is 12.4. The molecule has 148 valence electrons. The number of rotatable bonds is 8. The zero-order chi connectivity index (χ0) is 19.3. The Balaban J connectivity index is 1.96. The number of ether oxygens (including phenoxy) is 4. The molecule has 1 aromatic carbocycles. The molecule has 1 aromatic rings. The van der Waals surface area contributed by atoms with Crippen molar-refractivity contribution in [3.8, 4) is 17.2 Å². The summed E-state index contributed by atoms with van der Waals surface area (Å²) in [4.78, 5) is 0. The molecule has 0 spiro atoms. The number of aliphatic hydroxyl groups is 4. The van der Waals surface area contributed by atoms with Crippen molar-refractivity contribution in [3.05, 3.63) is 17.7 Å². The van der Waals surface area contributed by atoms with E-state index in [1.807, 2.05) is 12.1 Å². The lowest BCUT2D eigenvalue weighted by molar-refractivity contribution is -0.193. The molecule has 8 heteroatoms. The van der Waals surface area contributed by atoms with Gasteiger partial charge in [-0.2, -0.15) is 0 Å². The third-order valence-corrected chi connectivity index (χ3v) is 4.60. The molecule has 0 bridgehead atoms. The fourth-order valence-corrected chi connectivity index (χ4v) is 3.07. The fourth-order valence-electron chi connectivity index (χ4n) is 3.07. The summed E-state index contributed by atoms with van der Waals surface area (Å²) < 4.78 is 21.2. The first-order valence-electron chi connectivity index (χ1n) is 8.54. The van der Waals surface area contributed by atoms with Gasteiger partial charge in [-0.1, -0.05) is 0 Å². The minimum atomic E-state index is -1.27. The van der Waals surface area contributed by atoms with Crippen molar-refractivity contribution in [2.45, 2.75) is 49.8 Å². The van der Waals surface area contributed by atoms with E-state index in [4.69, 9.17) is 18.9 Å². The predicted molar refractivity (Wildman–Crippen MR) is 92.8 cm³/mol. The number of benzene rings is 1. The van der Waals surface area contributed by atoms with Crippen LogP contribution in [-0.2, 0) is 11.2 Å². The van der Waals surface area contributed by atoms with E-state index in [0.29, 0.717) is 30.1 Å². The second kappa shape index (κ2) is 9.38. The number of hydrogen-bond acceptors (Lipinski definition) is 8. The molecule has 0 aliphatic carbocycles. The van der Waals surface area contributed by atoms with Gasteiger partial charge in [0, 0.05) is 6.42 Å². The van der Waals surface area contributed by atoms with Crippen LogP contribution in [0.15, 0.2) is 12.1 Å². The van der Waals surface area contributed by atoms with Crippen LogP contribution in [0.5, 0.6) is 17.2 Å². The molecular formula is C18H28O8. The van der Waals surface area contributed by atoms with Gasteiger partial charge in [-0.3, -0.25) is 0 Å².